The molecule has 0 radical (unpaired) electrons. The van der Waals surface area contributed by atoms with Crippen molar-refractivity contribution in [2.75, 3.05) is 39.2 Å². The zero-order chi connectivity index (χ0) is 16.7. The van der Waals surface area contributed by atoms with Crippen LogP contribution in [0.2, 0.25) is 0 Å². The van der Waals surface area contributed by atoms with Gasteiger partial charge in [0.2, 0.25) is 5.91 Å². The number of nitrogens with zero attached hydrogens (tertiary/aromatic N) is 1. The number of benzene rings is 1. The summed E-state index contributed by atoms with van der Waals surface area (Å²) in [4.78, 5) is 14.5. The Hall–Kier alpha value is -1.44. The molecule has 2 aliphatic rings. The lowest BCUT2D eigenvalue weighted by atomic mass is 9.82. The Labute approximate surface area is 136 Å². The Balaban J connectivity index is 1.66. The topological polar surface area (TPSA) is 83.9 Å². The fourth-order valence-corrected chi connectivity index (χ4v) is 4.02. The van der Waals surface area contributed by atoms with Crippen molar-refractivity contribution in [3.8, 4) is 0 Å². The Bertz CT molecular complexity index is 700. The zero-order valence-electron chi connectivity index (χ0n) is 13.1. The van der Waals surface area contributed by atoms with Gasteiger partial charge in [0.15, 0.2) is 9.84 Å². The van der Waals surface area contributed by atoms with Crippen LogP contribution in [0.5, 0.6) is 0 Å². The van der Waals surface area contributed by atoms with Gasteiger partial charge in [-0.15, -0.1) is 0 Å². The van der Waals surface area contributed by atoms with Crippen LogP contribution in [0.1, 0.15) is 5.56 Å². The number of fused-ring (bicyclic) bond motifs is 1. The molecule has 2 heterocycles. The molecule has 1 amide bonds. The second-order valence-corrected chi connectivity index (χ2v) is 8.62. The summed E-state index contributed by atoms with van der Waals surface area (Å²) in [5.41, 5.74) is 0.476. The third kappa shape index (κ3) is 3.13. The molecule has 0 saturated carbocycles. The van der Waals surface area contributed by atoms with Crippen LogP contribution in [0, 0.1) is 11.3 Å². The molecule has 1 N–H and O–H groups in total. The molecular weight excluding hydrogens is 318 g/mol. The Morgan fingerprint density at radius 3 is 2.65 bits per heavy atom. The fraction of sp³-hybridized carbons (Fsp3) is 0.562. The average Bonchev–Trinajstić information content (AvgIpc) is 3.04. The Kier molecular flexibility index (Phi) is 4.20. The highest BCUT2D eigenvalue weighted by Gasteiger charge is 2.51. The van der Waals surface area contributed by atoms with E-state index in [-0.39, 0.29) is 35.2 Å². The van der Waals surface area contributed by atoms with Crippen LogP contribution in [0.15, 0.2) is 29.2 Å². The van der Waals surface area contributed by atoms with Gasteiger partial charge in [-0.05, 0) is 17.7 Å². The number of likely N-dealkylation sites (tertiary alicyclic amines) is 1. The lowest BCUT2D eigenvalue weighted by molar-refractivity contribution is -0.130. The van der Waals surface area contributed by atoms with Gasteiger partial charge in [0.25, 0.3) is 0 Å². The molecule has 0 unspecified atom stereocenters. The smallest absolute Gasteiger partial charge is 0.227 e. The van der Waals surface area contributed by atoms with Crippen molar-refractivity contribution >= 4 is 15.7 Å². The number of rotatable bonds is 4. The van der Waals surface area contributed by atoms with Crippen molar-refractivity contribution in [2.24, 2.45) is 11.3 Å². The van der Waals surface area contributed by atoms with E-state index >= 15 is 0 Å². The van der Waals surface area contributed by atoms with E-state index in [0.29, 0.717) is 26.3 Å². The second-order valence-electron chi connectivity index (χ2n) is 6.60. The van der Waals surface area contributed by atoms with E-state index in [1.54, 1.807) is 17.0 Å². The van der Waals surface area contributed by atoms with Gasteiger partial charge < -0.3 is 14.7 Å². The summed E-state index contributed by atoms with van der Waals surface area (Å²) in [6, 6.07) is 6.41. The van der Waals surface area contributed by atoms with Crippen LogP contribution in [0.25, 0.3) is 0 Å². The van der Waals surface area contributed by atoms with Gasteiger partial charge in [-0.3, -0.25) is 4.79 Å². The maximum absolute atomic E-state index is 12.5. The van der Waals surface area contributed by atoms with Gasteiger partial charge in [-0.1, -0.05) is 12.1 Å². The highest BCUT2D eigenvalue weighted by molar-refractivity contribution is 7.90. The Morgan fingerprint density at radius 2 is 2.09 bits per heavy atom. The minimum absolute atomic E-state index is 0.000620. The van der Waals surface area contributed by atoms with E-state index < -0.39 is 9.84 Å². The first-order chi connectivity index (χ1) is 10.8. The molecule has 2 saturated heterocycles. The SMILES string of the molecule is CS(=O)(=O)c1ccc(CC(=O)N2C[C@H]3COC[C@@]3(CO)C2)cc1. The third-order valence-corrected chi connectivity index (χ3v) is 6.02. The monoisotopic (exact) mass is 339 g/mol. The molecule has 2 aliphatic heterocycles. The van der Waals surface area contributed by atoms with Crippen LogP contribution in [-0.2, 0) is 25.8 Å². The van der Waals surface area contributed by atoms with Crippen molar-refractivity contribution in [1.82, 2.24) is 4.90 Å². The van der Waals surface area contributed by atoms with E-state index in [9.17, 15) is 18.3 Å². The third-order valence-electron chi connectivity index (χ3n) is 4.90. The number of amides is 1. The second kappa shape index (κ2) is 5.89. The van der Waals surface area contributed by atoms with Crippen molar-refractivity contribution in [1.29, 1.82) is 0 Å². The predicted octanol–water partition coefficient (Wildman–Crippen LogP) is 0.0999. The van der Waals surface area contributed by atoms with Crippen LogP contribution in [-0.4, -0.2) is 63.5 Å². The first kappa shape index (κ1) is 16.4. The molecule has 2 fully saturated rings. The molecule has 2 atom stereocenters. The van der Waals surface area contributed by atoms with E-state index in [4.69, 9.17) is 4.74 Å². The van der Waals surface area contributed by atoms with Gasteiger partial charge >= 0.3 is 0 Å². The van der Waals surface area contributed by atoms with Crippen molar-refractivity contribution in [2.45, 2.75) is 11.3 Å². The van der Waals surface area contributed by atoms with Gasteiger partial charge in [-0.25, -0.2) is 8.42 Å². The lowest BCUT2D eigenvalue weighted by Gasteiger charge is -2.24. The van der Waals surface area contributed by atoms with Crippen molar-refractivity contribution in [3.63, 3.8) is 0 Å². The quantitative estimate of drug-likeness (QED) is 0.841. The average molecular weight is 339 g/mol. The molecule has 23 heavy (non-hydrogen) atoms. The van der Waals surface area contributed by atoms with E-state index in [1.165, 1.54) is 12.1 Å². The molecular formula is C16H21NO5S. The van der Waals surface area contributed by atoms with Gasteiger partial charge in [0, 0.05) is 30.7 Å². The largest absolute Gasteiger partial charge is 0.396 e. The molecule has 0 bridgehead atoms. The number of carbonyl (C=O) groups excluding carboxylic acids is 1. The summed E-state index contributed by atoms with van der Waals surface area (Å²) < 4.78 is 28.3. The van der Waals surface area contributed by atoms with Gasteiger partial charge in [-0.2, -0.15) is 0 Å². The van der Waals surface area contributed by atoms with Gasteiger partial charge in [0.1, 0.15) is 0 Å². The summed E-state index contributed by atoms with van der Waals surface area (Å²) in [7, 11) is -3.22. The van der Waals surface area contributed by atoms with Gasteiger partial charge in [0.05, 0.1) is 31.1 Å². The highest BCUT2D eigenvalue weighted by atomic mass is 32.2. The maximum Gasteiger partial charge on any atom is 0.227 e. The first-order valence-electron chi connectivity index (χ1n) is 7.59. The van der Waals surface area contributed by atoms with Crippen molar-refractivity contribution in [3.05, 3.63) is 29.8 Å². The highest BCUT2D eigenvalue weighted by Crippen LogP contribution is 2.40. The molecule has 1 aromatic carbocycles. The van der Waals surface area contributed by atoms with Crippen LogP contribution < -0.4 is 0 Å². The molecule has 1 aromatic rings. The van der Waals surface area contributed by atoms with Crippen molar-refractivity contribution < 1.29 is 23.1 Å². The molecule has 7 heteroatoms. The molecule has 0 aromatic heterocycles. The minimum Gasteiger partial charge on any atom is -0.396 e. The number of hydrogen-bond donors (Lipinski definition) is 1. The summed E-state index contributed by atoms with van der Waals surface area (Å²) in [6.07, 6.45) is 1.39. The molecule has 0 aliphatic carbocycles. The zero-order valence-corrected chi connectivity index (χ0v) is 13.9. The predicted molar refractivity (Wildman–Crippen MR) is 83.7 cm³/mol. The van der Waals surface area contributed by atoms with E-state index in [2.05, 4.69) is 0 Å². The molecule has 126 valence electrons. The summed E-state index contributed by atoms with van der Waals surface area (Å²) >= 11 is 0. The molecule has 0 spiro atoms. The Morgan fingerprint density at radius 1 is 1.39 bits per heavy atom. The lowest BCUT2D eigenvalue weighted by Crippen LogP contribution is -2.36. The van der Waals surface area contributed by atoms with E-state index in [1.807, 2.05) is 0 Å². The summed E-state index contributed by atoms with van der Waals surface area (Å²) in [6.45, 7) is 2.26. The first-order valence-corrected chi connectivity index (χ1v) is 9.49. The summed E-state index contributed by atoms with van der Waals surface area (Å²) in [5.74, 6) is 0.198. The van der Waals surface area contributed by atoms with E-state index in [0.717, 1.165) is 11.8 Å². The fourth-order valence-electron chi connectivity index (χ4n) is 3.39. The number of hydrogen-bond acceptors (Lipinski definition) is 5. The van der Waals surface area contributed by atoms with Crippen LogP contribution >= 0.6 is 0 Å². The van der Waals surface area contributed by atoms with Crippen LogP contribution in [0.4, 0.5) is 0 Å². The van der Waals surface area contributed by atoms with Crippen LogP contribution in [0.3, 0.4) is 0 Å². The number of ether oxygens (including phenoxy) is 1. The molecule has 3 rings (SSSR count). The maximum atomic E-state index is 12.5. The number of aliphatic hydroxyl groups excluding tert-OH is 1. The number of aliphatic hydroxyl groups is 1. The minimum atomic E-state index is -3.22. The normalized spacial score (nSPS) is 27.2. The number of carbonyl (C=O) groups is 1. The number of sulfone groups is 1. The molecule has 6 nitrogen and oxygen atoms in total. The standard InChI is InChI=1S/C16H21NO5S/c1-23(20,21)14-4-2-12(3-5-14)6-15(19)17-7-13-8-22-11-16(13,9-17)10-18/h2-5,13,18H,6-11H2,1H3/t13-,16-/m0/s1. The summed E-state index contributed by atoms with van der Waals surface area (Å²) in [5, 5.41) is 9.65.